The smallest absolute Gasteiger partial charge is 0.269 e. The van der Waals surface area contributed by atoms with Gasteiger partial charge in [0.15, 0.2) is 0 Å². The first-order chi connectivity index (χ1) is 14.5. The van der Waals surface area contributed by atoms with Gasteiger partial charge in [-0.3, -0.25) is 14.9 Å². The highest BCUT2D eigenvalue weighted by molar-refractivity contribution is 5.99. The van der Waals surface area contributed by atoms with Crippen LogP contribution in [0.2, 0.25) is 0 Å². The van der Waals surface area contributed by atoms with E-state index in [4.69, 9.17) is 0 Å². The Morgan fingerprint density at radius 2 is 1.87 bits per heavy atom. The lowest BCUT2D eigenvalue weighted by Crippen LogP contribution is -2.21. The Morgan fingerprint density at radius 1 is 1.13 bits per heavy atom. The van der Waals surface area contributed by atoms with Gasteiger partial charge in [0, 0.05) is 41.7 Å². The lowest BCUT2D eigenvalue weighted by atomic mass is 9.95. The summed E-state index contributed by atoms with van der Waals surface area (Å²) in [5.41, 5.74) is 7.96. The van der Waals surface area contributed by atoms with Crippen LogP contribution in [-0.4, -0.2) is 21.1 Å². The van der Waals surface area contributed by atoms with Crippen molar-refractivity contribution in [2.24, 2.45) is 5.10 Å². The number of carbonyl (C=O) groups excluding carboxylic acids is 1. The third-order valence-electron chi connectivity index (χ3n) is 5.69. The van der Waals surface area contributed by atoms with Crippen molar-refractivity contribution in [1.82, 2.24) is 9.99 Å². The molecule has 1 aromatic heterocycles. The number of non-ortho nitro benzene ring substituents is 1. The number of aryl methyl sites for hydroxylation is 2. The average Bonchev–Trinajstić information content (AvgIpc) is 3.10. The summed E-state index contributed by atoms with van der Waals surface area (Å²) in [6, 6.07) is 14.5. The van der Waals surface area contributed by atoms with Gasteiger partial charge in [-0.1, -0.05) is 18.2 Å². The number of hydrazone groups is 1. The van der Waals surface area contributed by atoms with Gasteiger partial charge in [0.25, 0.3) is 5.69 Å². The number of para-hydroxylation sites is 1. The first kappa shape index (κ1) is 19.8. The maximum absolute atomic E-state index is 12.4. The third-order valence-corrected chi connectivity index (χ3v) is 5.69. The molecule has 2 aromatic carbocycles. The molecule has 7 heteroatoms. The van der Waals surface area contributed by atoms with Crippen LogP contribution in [-0.2, 0) is 24.2 Å². The van der Waals surface area contributed by atoms with Crippen molar-refractivity contribution < 1.29 is 9.72 Å². The quantitative estimate of drug-likeness (QED) is 0.376. The molecule has 0 fully saturated rings. The number of fused-ring (bicyclic) bond motifs is 3. The normalized spacial score (nSPS) is 13.8. The van der Waals surface area contributed by atoms with Gasteiger partial charge in [0.1, 0.15) is 0 Å². The van der Waals surface area contributed by atoms with Crippen molar-refractivity contribution in [3.8, 4) is 0 Å². The van der Waals surface area contributed by atoms with Crippen molar-refractivity contribution >= 4 is 28.2 Å². The molecule has 0 bridgehead atoms. The molecule has 3 aromatic rings. The van der Waals surface area contributed by atoms with E-state index in [9.17, 15) is 14.9 Å². The van der Waals surface area contributed by atoms with Crippen molar-refractivity contribution in [1.29, 1.82) is 0 Å². The molecular formula is C23H24N4O3. The number of benzene rings is 2. The van der Waals surface area contributed by atoms with E-state index in [0.717, 1.165) is 18.4 Å². The second-order valence-corrected chi connectivity index (χ2v) is 7.59. The monoisotopic (exact) mass is 404 g/mol. The zero-order valence-electron chi connectivity index (χ0n) is 16.9. The number of hydrogen-bond donors (Lipinski definition) is 1. The van der Waals surface area contributed by atoms with Crippen molar-refractivity contribution in [2.45, 2.75) is 45.6 Å². The van der Waals surface area contributed by atoms with Crippen LogP contribution in [0.5, 0.6) is 0 Å². The van der Waals surface area contributed by atoms with E-state index in [1.54, 1.807) is 19.1 Å². The lowest BCUT2D eigenvalue weighted by molar-refractivity contribution is -0.384. The van der Waals surface area contributed by atoms with Crippen LogP contribution in [0, 0.1) is 10.1 Å². The highest BCUT2D eigenvalue weighted by Gasteiger charge is 2.19. The molecule has 1 aliphatic rings. The Bertz CT molecular complexity index is 1130. The van der Waals surface area contributed by atoms with Crippen LogP contribution >= 0.6 is 0 Å². The number of rotatable bonds is 6. The summed E-state index contributed by atoms with van der Waals surface area (Å²) in [5.74, 6) is -0.154. The molecule has 0 saturated carbocycles. The largest absolute Gasteiger partial charge is 0.344 e. The fourth-order valence-electron chi connectivity index (χ4n) is 4.15. The van der Waals surface area contributed by atoms with Crippen LogP contribution in [0.1, 0.15) is 43.0 Å². The fraction of sp³-hybridized carbons (Fsp3) is 0.304. The third kappa shape index (κ3) is 3.96. The number of nitro benzene ring substituents is 1. The van der Waals surface area contributed by atoms with Gasteiger partial charge < -0.3 is 4.57 Å². The Balaban J connectivity index is 1.43. The van der Waals surface area contributed by atoms with Crippen LogP contribution in [0.4, 0.5) is 5.69 Å². The summed E-state index contributed by atoms with van der Waals surface area (Å²) in [7, 11) is 0. The number of hydrogen-bond acceptors (Lipinski definition) is 4. The van der Waals surface area contributed by atoms with Gasteiger partial charge in [-0.05, 0) is 61.9 Å². The minimum absolute atomic E-state index is 0.0258. The molecule has 0 radical (unpaired) electrons. The number of nitro groups is 1. The summed E-state index contributed by atoms with van der Waals surface area (Å²) >= 11 is 0. The molecule has 30 heavy (non-hydrogen) atoms. The summed E-state index contributed by atoms with van der Waals surface area (Å²) in [6.07, 6.45) is 4.91. The summed E-state index contributed by atoms with van der Waals surface area (Å²) < 4.78 is 2.29. The average molecular weight is 404 g/mol. The van der Waals surface area contributed by atoms with Crippen molar-refractivity contribution in [3.63, 3.8) is 0 Å². The first-order valence-electron chi connectivity index (χ1n) is 10.2. The number of amides is 1. The summed E-state index contributed by atoms with van der Waals surface area (Å²) in [4.78, 5) is 22.7. The minimum atomic E-state index is -0.443. The molecule has 1 aliphatic carbocycles. The van der Waals surface area contributed by atoms with Gasteiger partial charge in [0.05, 0.1) is 10.6 Å². The molecule has 1 amide bonds. The molecule has 0 spiro atoms. The standard InChI is InChI=1S/C23H24N4O3/c1-16(17-10-12-18(13-11-17)27(29)30)24-25-23(28)14-15-26-21-8-4-2-6-19(21)20-7-3-5-9-22(20)26/h2,4,6,8,10-13H,3,5,7,9,14-15H2,1H3,(H,25,28). The predicted octanol–water partition coefficient (Wildman–Crippen LogP) is 4.36. The Morgan fingerprint density at radius 3 is 2.63 bits per heavy atom. The lowest BCUT2D eigenvalue weighted by Gasteiger charge is -2.15. The van der Waals surface area contributed by atoms with Crippen molar-refractivity contribution in [2.75, 3.05) is 0 Å². The van der Waals surface area contributed by atoms with E-state index in [1.807, 2.05) is 6.07 Å². The molecule has 0 atom stereocenters. The SMILES string of the molecule is CC(=NNC(=O)CCn1c2c(c3ccccc31)CCCC2)c1ccc([N+](=O)[O-])cc1. The van der Waals surface area contributed by atoms with Gasteiger partial charge in [0.2, 0.25) is 5.91 Å². The first-order valence-corrected chi connectivity index (χ1v) is 10.2. The van der Waals surface area contributed by atoms with E-state index < -0.39 is 4.92 Å². The predicted molar refractivity (Wildman–Crippen MR) is 117 cm³/mol. The molecule has 7 nitrogen and oxygen atoms in total. The molecule has 4 rings (SSSR count). The van der Waals surface area contributed by atoms with E-state index in [0.29, 0.717) is 18.7 Å². The van der Waals surface area contributed by atoms with Crippen LogP contribution < -0.4 is 5.43 Å². The molecule has 154 valence electrons. The van der Waals surface area contributed by atoms with Crippen LogP contribution in [0.15, 0.2) is 53.6 Å². The van der Waals surface area contributed by atoms with E-state index in [1.165, 1.54) is 47.1 Å². The zero-order chi connectivity index (χ0) is 21.1. The Labute approximate surface area is 174 Å². The number of nitrogens with zero attached hydrogens (tertiary/aromatic N) is 3. The number of nitrogens with one attached hydrogen (secondary N) is 1. The molecular weight excluding hydrogens is 380 g/mol. The highest BCUT2D eigenvalue weighted by atomic mass is 16.6. The van der Waals surface area contributed by atoms with Gasteiger partial charge >= 0.3 is 0 Å². The maximum Gasteiger partial charge on any atom is 0.269 e. The number of aromatic nitrogens is 1. The summed E-state index contributed by atoms with van der Waals surface area (Å²) in [5, 5.41) is 16.2. The highest BCUT2D eigenvalue weighted by Crippen LogP contribution is 2.32. The topological polar surface area (TPSA) is 89.5 Å². The molecule has 0 saturated heterocycles. The molecule has 0 aliphatic heterocycles. The van der Waals surface area contributed by atoms with Crippen LogP contribution in [0.3, 0.4) is 0 Å². The fourth-order valence-corrected chi connectivity index (χ4v) is 4.15. The zero-order valence-corrected chi connectivity index (χ0v) is 16.9. The second kappa shape index (κ2) is 8.49. The van der Waals surface area contributed by atoms with E-state index in [-0.39, 0.29) is 11.6 Å². The number of carbonyl (C=O) groups is 1. The van der Waals surface area contributed by atoms with Gasteiger partial charge in [-0.15, -0.1) is 0 Å². The van der Waals surface area contributed by atoms with Crippen LogP contribution in [0.25, 0.3) is 10.9 Å². The van der Waals surface area contributed by atoms with Gasteiger partial charge in [-0.25, -0.2) is 5.43 Å². The Hall–Kier alpha value is -3.48. The molecule has 1 N–H and O–H groups in total. The van der Waals surface area contributed by atoms with Gasteiger partial charge in [-0.2, -0.15) is 5.10 Å². The van der Waals surface area contributed by atoms with Crippen molar-refractivity contribution in [3.05, 3.63) is 75.5 Å². The van der Waals surface area contributed by atoms with E-state index >= 15 is 0 Å². The minimum Gasteiger partial charge on any atom is -0.344 e. The summed E-state index contributed by atoms with van der Waals surface area (Å²) in [6.45, 7) is 2.38. The van der Waals surface area contributed by atoms with E-state index in [2.05, 4.69) is 33.3 Å². The maximum atomic E-state index is 12.4. The molecule has 0 unspecified atom stereocenters. The Kier molecular flexibility index (Phi) is 5.61. The molecule has 1 heterocycles. The second-order valence-electron chi connectivity index (χ2n) is 7.59.